The Morgan fingerprint density at radius 1 is 0.667 bits per heavy atom. The molecular formula is C13H4Cl6N2. The lowest BCUT2D eigenvalue weighted by Crippen LogP contribution is -2.08. The summed E-state index contributed by atoms with van der Waals surface area (Å²) in [5.74, 6) is 0. The molecule has 0 aliphatic heterocycles. The van der Waals surface area contributed by atoms with Crippen LogP contribution in [0.3, 0.4) is 0 Å². The number of hydrogen-bond acceptors (Lipinski definition) is 0. The first-order valence-corrected chi connectivity index (χ1v) is 7.63. The van der Waals surface area contributed by atoms with Gasteiger partial charge in [-0.3, -0.25) is 0 Å². The Morgan fingerprint density at radius 3 is 1.19 bits per heavy atom. The fourth-order valence-corrected chi connectivity index (χ4v) is 3.75. The van der Waals surface area contributed by atoms with E-state index in [0.29, 0.717) is 10.0 Å². The van der Waals surface area contributed by atoms with E-state index >= 15 is 0 Å². The van der Waals surface area contributed by atoms with E-state index in [1.165, 1.54) is 24.3 Å². The summed E-state index contributed by atoms with van der Waals surface area (Å²) in [7, 11) is 0. The molecule has 2 nitrogen and oxygen atoms in total. The Kier molecular flexibility index (Phi) is 5.45. The van der Waals surface area contributed by atoms with Gasteiger partial charge in [-0.1, -0.05) is 69.6 Å². The summed E-state index contributed by atoms with van der Waals surface area (Å²) in [6, 6.07) is 5.86. The van der Waals surface area contributed by atoms with E-state index in [1.54, 1.807) is 0 Å². The van der Waals surface area contributed by atoms with Crippen molar-refractivity contribution >= 4 is 75.3 Å². The molecule has 0 heterocycles. The van der Waals surface area contributed by atoms with Crippen molar-refractivity contribution < 1.29 is 4.79 Å². The first-order valence-electron chi connectivity index (χ1n) is 5.37. The van der Waals surface area contributed by atoms with E-state index < -0.39 is 0 Å². The predicted molar refractivity (Wildman–Crippen MR) is 89.8 cm³/mol. The first-order chi connectivity index (χ1) is 9.85. The van der Waals surface area contributed by atoms with E-state index in [1.807, 2.05) is 0 Å². The van der Waals surface area contributed by atoms with Gasteiger partial charge in [0.25, 0.3) is 0 Å². The molecule has 0 spiro atoms. The molecule has 0 amide bonds. The molecule has 2 aromatic carbocycles. The summed E-state index contributed by atoms with van der Waals surface area (Å²) in [6.07, 6.45) is 0. The minimum Gasteiger partial charge on any atom is -0.361 e. The van der Waals surface area contributed by atoms with Crippen LogP contribution in [0.4, 0.5) is 0 Å². The Bertz CT molecular complexity index is 675. The van der Waals surface area contributed by atoms with Gasteiger partial charge in [0.1, 0.15) is 11.1 Å². The average molecular weight is 401 g/mol. The van der Waals surface area contributed by atoms with Crippen LogP contribution in [0, 0.1) is 0 Å². The van der Waals surface area contributed by atoms with Crippen molar-refractivity contribution in [3.05, 3.63) is 71.1 Å². The lowest BCUT2D eigenvalue weighted by Gasteiger charge is -2.07. The van der Waals surface area contributed by atoms with Crippen LogP contribution < -0.4 is 0 Å². The lowest BCUT2D eigenvalue weighted by atomic mass is 10.0. The Morgan fingerprint density at radius 2 is 0.952 bits per heavy atom. The van der Waals surface area contributed by atoms with Gasteiger partial charge in [-0.2, -0.15) is 4.79 Å². The van der Waals surface area contributed by atoms with Crippen LogP contribution in [0.25, 0.3) is 5.53 Å². The van der Waals surface area contributed by atoms with Crippen LogP contribution >= 0.6 is 69.6 Å². The molecule has 108 valence electrons. The molecule has 0 aliphatic rings. The molecule has 8 heteroatoms. The molecule has 0 unspecified atom stereocenters. The van der Waals surface area contributed by atoms with Gasteiger partial charge in [-0.15, -0.1) is 0 Å². The first kappa shape index (κ1) is 16.9. The second-order valence-corrected chi connectivity index (χ2v) is 6.44. The van der Waals surface area contributed by atoms with E-state index in [9.17, 15) is 5.53 Å². The maximum Gasteiger partial charge on any atom is 0.335 e. The maximum absolute atomic E-state index is 9.36. The zero-order valence-corrected chi connectivity index (χ0v) is 14.5. The van der Waals surface area contributed by atoms with Gasteiger partial charge in [0.15, 0.2) is 0 Å². The number of halogens is 6. The highest BCUT2D eigenvalue weighted by Gasteiger charge is 2.28. The van der Waals surface area contributed by atoms with Gasteiger partial charge in [-0.05, 0) is 24.3 Å². The Hall–Kier alpha value is -0.440. The fourth-order valence-electron chi connectivity index (χ4n) is 1.76. The summed E-state index contributed by atoms with van der Waals surface area (Å²) >= 11 is 36.2. The van der Waals surface area contributed by atoms with Gasteiger partial charge in [0.2, 0.25) is 0 Å². The second-order valence-electron chi connectivity index (χ2n) is 3.94. The molecule has 0 radical (unpaired) electrons. The zero-order chi connectivity index (χ0) is 15.7. The van der Waals surface area contributed by atoms with Crippen LogP contribution in [0.2, 0.25) is 30.1 Å². The predicted octanol–water partition coefficient (Wildman–Crippen LogP) is 6.67. The van der Waals surface area contributed by atoms with E-state index in [0.717, 1.165) is 0 Å². The highest BCUT2D eigenvalue weighted by Crippen LogP contribution is 2.35. The van der Waals surface area contributed by atoms with Gasteiger partial charge in [-0.25, -0.2) is 0 Å². The molecule has 2 rings (SSSR count). The smallest absolute Gasteiger partial charge is 0.335 e. The standard InChI is InChI=1S/C13H4Cl6N2/c14-5-1-7(16)11(8(17)2-5)13(21-20)12-9(18)3-6(15)4-10(12)19/h1-4H. The van der Waals surface area contributed by atoms with Gasteiger partial charge < -0.3 is 5.53 Å². The normalized spacial score (nSPS) is 10.4. The van der Waals surface area contributed by atoms with Gasteiger partial charge in [0, 0.05) is 10.0 Å². The summed E-state index contributed by atoms with van der Waals surface area (Å²) in [5, 5.41) is 1.48. The molecule has 0 bridgehead atoms. The fraction of sp³-hybridized carbons (Fsp3) is 0. The average Bonchev–Trinajstić information content (AvgIpc) is 2.34. The molecule has 0 fully saturated rings. The molecule has 21 heavy (non-hydrogen) atoms. The topological polar surface area (TPSA) is 36.4 Å². The highest BCUT2D eigenvalue weighted by atomic mass is 35.5. The number of hydrogen-bond donors (Lipinski definition) is 0. The number of rotatable bonds is 2. The van der Waals surface area contributed by atoms with E-state index in [-0.39, 0.29) is 36.9 Å². The summed E-state index contributed by atoms with van der Waals surface area (Å²) < 4.78 is 0. The van der Waals surface area contributed by atoms with Crippen LogP contribution in [-0.4, -0.2) is 10.5 Å². The largest absolute Gasteiger partial charge is 0.361 e. The van der Waals surface area contributed by atoms with Crippen LogP contribution in [0.15, 0.2) is 24.3 Å². The summed E-state index contributed by atoms with van der Waals surface area (Å²) in [6.45, 7) is 0. The molecule has 0 saturated carbocycles. The van der Waals surface area contributed by atoms with Crippen molar-refractivity contribution in [2.24, 2.45) is 0 Å². The maximum atomic E-state index is 9.36. The van der Waals surface area contributed by atoms with Crippen LogP contribution in [0.5, 0.6) is 0 Å². The molecule has 0 aliphatic carbocycles. The van der Waals surface area contributed by atoms with E-state index in [2.05, 4.69) is 4.79 Å². The Labute approximate surface area is 150 Å². The zero-order valence-electron chi connectivity index (χ0n) is 9.97. The Balaban J connectivity index is 2.77. The number of nitrogens with zero attached hydrogens (tertiary/aromatic N) is 2. The lowest BCUT2D eigenvalue weighted by molar-refractivity contribution is -0.00274. The minimum atomic E-state index is 0.0216. The molecule has 0 atom stereocenters. The summed E-state index contributed by atoms with van der Waals surface area (Å²) in [4.78, 5) is 3.22. The highest BCUT2D eigenvalue weighted by molar-refractivity contribution is 6.47. The molecule has 0 saturated heterocycles. The van der Waals surface area contributed by atoms with Crippen molar-refractivity contribution in [2.75, 3.05) is 0 Å². The van der Waals surface area contributed by atoms with Crippen molar-refractivity contribution in [3.63, 3.8) is 0 Å². The van der Waals surface area contributed by atoms with Crippen LogP contribution in [-0.2, 0) is 0 Å². The molecular weight excluding hydrogens is 397 g/mol. The quantitative estimate of drug-likeness (QED) is 0.306. The molecule has 2 aromatic rings. The third kappa shape index (κ3) is 3.49. The third-order valence-electron chi connectivity index (χ3n) is 2.59. The minimum absolute atomic E-state index is 0.0216. The van der Waals surface area contributed by atoms with Gasteiger partial charge >= 0.3 is 5.71 Å². The summed E-state index contributed by atoms with van der Waals surface area (Å²) in [5.41, 5.74) is 9.90. The monoisotopic (exact) mass is 398 g/mol. The van der Waals surface area contributed by atoms with Crippen molar-refractivity contribution in [2.45, 2.75) is 0 Å². The third-order valence-corrected chi connectivity index (χ3v) is 4.22. The second kappa shape index (κ2) is 6.76. The van der Waals surface area contributed by atoms with Crippen molar-refractivity contribution in [1.82, 2.24) is 0 Å². The molecule has 0 N–H and O–H groups in total. The molecule has 0 aromatic heterocycles. The SMILES string of the molecule is [N-]=[N+]=C(c1c(Cl)cc(Cl)cc1Cl)c1c(Cl)cc(Cl)cc1Cl. The van der Waals surface area contributed by atoms with Crippen molar-refractivity contribution in [1.29, 1.82) is 0 Å². The van der Waals surface area contributed by atoms with Crippen molar-refractivity contribution in [3.8, 4) is 0 Å². The number of benzene rings is 2. The van der Waals surface area contributed by atoms with Crippen LogP contribution in [0.1, 0.15) is 11.1 Å². The van der Waals surface area contributed by atoms with Gasteiger partial charge in [0.05, 0.1) is 20.1 Å². The van der Waals surface area contributed by atoms with E-state index in [4.69, 9.17) is 69.6 Å².